The van der Waals surface area contributed by atoms with Gasteiger partial charge in [-0.1, -0.05) is 17.9 Å². The summed E-state index contributed by atoms with van der Waals surface area (Å²) in [4.78, 5) is 12.9. The maximum atomic E-state index is 13.0. The van der Waals surface area contributed by atoms with E-state index in [1.54, 1.807) is 32.2 Å². The Morgan fingerprint density at radius 2 is 2.18 bits per heavy atom. The molecule has 1 aromatic heterocycles. The van der Waals surface area contributed by atoms with Crippen molar-refractivity contribution in [1.82, 2.24) is 9.29 Å². The Hall–Kier alpha value is -3.35. The number of carbonyl (C=O) groups is 1. The molecule has 2 aliphatic rings. The second-order valence-electron chi connectivity index (χ2n) is 8.04. The van der Waals surface area contributed by atoms with Crippen LogP contribution in [0.25, 0.3) is 0 Å². The lowest BCUT2D eigenvalue weighted by atomic mass is 10.0. The standard InChI is InChI=1S/C22H22N4O6S/c1-14-5-6-16(8-15(14)9-23)24-21(27)19-20-18(10-26(19)2)33(29,30)25-17(11-32-20)4-3-7-22(28)12-31-13-22/h5-6,8,10,17,25,28H,4,11-13H2,1-2H3,(H,24,27)/t17-/m0/s1. The number of hydrogen-bond acceptors (Lipinski definition) is 7. The number of nitrogens with one attached hydrogen (secondary N) is 2. The molecule has 1 saturated heterocycles. The van der Waals surface area contributed by atoms with Gasteiger partial charge < -0.3 is 24.5 Å². The van der Waals surface area contributed by atoms with Crippen LogP contribution in [0, 0.1) is 30.1 Å². The average Bonchev–Trinajstić information content (AvgIpc) is 3.03. The summed E-state index contributed by atoms with van der Waals surface area (Å²) < 4.78 is 40.4. The first kappa shape index (κ1) is 22.8. The van der Waals surface area contributed by atoms with Gasteiger partial charge in [0.15, 0.2) is 17.0 Å². The smallest absolute Gasteiger partial charge is 0.276 e. The van der Waals surface area contributed by atoms with E-state index in [4.69, 9.17) is 9.47 Å². The molecule has 0 saturated carbocycles. The fraction of sp³-hybridized carbons (Fsp3) is 0.364. The number of hydrogen-bond donors (Lipinski definition) is 3. The number of sulfonamides is 1. The predicted octanol–water partition coefficient (Wildman–Crippen LogP) is 0.652. The van der Waals surface area contributed by atoms with Crippen molar-refractivity contribution in [1.29, 1.82) is 5.26 Å². The normalized spacial score (nSPS) is 20.0. The summed E-state index contributed by atoms with van der Waals surface area (Å²) in [6.07, 6.45) is 1.42. The number of anilines is 1. The Balaban J connectivity index is 1.56. The summed E-state index contributed by atoms with van der Waals surface area (Å²) in [5, 5.41) is 21.9. The number of aromatic nitrogens is 1. The highest BCUT2D eigenvalue weighted by molar-refractivity contribution is 7.89. The molecule has 0 bridgehead atoms. The molecule has 2 aromatic rings. The first-order chi connectivity index (χ1) is 15.6. The van der Waals surface area contributed by atoms with Crippen LogP contribution in [0.2, 0.25) is 0 Å². The highest BCUT2D eigenvalue weighted by Gasteiger charge is 2.36. The topological polar surface area (TPSA) is 143 Å². The maximum Gasteiger partial charge on any atom is 0.276 e. The Kier molecular flexibility index (Phi) is 5.91. The largest absolute Gasteiger partial charge is 0.488 e. The van der Waals surface area contributed by atoms with Gasteiger partial charge in [-0.25, -0.2) is 13.1 Å². The third kappa shape index (κ3) is 4.58. The molecule has 172 valence electrons. The van der Waals surface area contributed by atoms with Crippen LogP contribution in [0.5, 0.6) is 5.75 Å². The monoisotopic (exact) mass is 470 g/mol. The van der Waals surface area contributed by atoms with Crippen molar-refractivity contribution in [3.05, 3.63) is 41.2 Å². The number of carbonyl (C=O) groups excluding carboxylic acids is 1. The summed E-state index contributed by atoms with van der Waals surface area (Å²) >= 11 is 0. The van der Waals surface area contributed by atoms with Crippen LogP contribution in [0.15, 0.2) is 29.3 Å². The Labute approximate surface area is 191 Å². The molecular formula is C22H22N4O6S. The van der Waals surface area contributed by atoms with Gasteiger partial charge in [0.1, 0.15) is 11.5 Å². The lowest BCUT2D eigenvalue weighted by Gasteiger charge is -2.31. The third-order valence-corrected chi connectivity index (χ3v) is 6.84. The number of nitrogens with zero attached hydrogens (tertiary/aromatic N) is 2. The molecule has 1 amide bonds. The van der Waals surface area contributed by atoms with Crippen LogP contribution in [-0.4, -0.2) is 55.5 Å². The summed E-state index contributed by atoms with van der Waals surface area (Å²) in [5.74, 6) is 4.83. The van der Waals surface area contributed by atoms with Gasteiger partial charge in [0.25, 0.3) is 5.91 Å². The lowest BCUT2D eigenvalue weighted by molar-refractivity contribution is -0.140. The number of ether oxygens (including phenoxy) is 2. The molecule has 3 heterocycles. The molecule has 1 atom stereocenters. The van der Waals surface area contributed by atoms with E-state index in [0.29, 0.717) is 11.3 Å². The van der Waals surface area contributed by atoms with E-state index < -0.39 is 27.6 Å². The molecule has 11 heteroatoms. The van der Waals surface area contributed by atoms with Gasteiger partial charge in [0, 0.05) is 25.4 Å². The van der Waals surface area contributed by atoms with E-state index in [-0.39, 0.29) is 42.6 Å². The van der Waals surface area contributed by atoms with Crippen molar-refractivity contribution in [2.24, 2.45) is 7.05 Å². The minimum absolute atomic E-state index is 0.0297. The second kappa shape index (κ2) is 8.54. The van der Waals surface area contributed by atoms with Crippen molar-refractivity contribution in [2.45, 2.75) is 29.9 Å². The summed E-state index contributed by atoms with van der Waals surface area (Å²) in [6, 6.07) is 6.30. The van der Waals surface area contributed by atoms with E-state index in [0.717, 1.165) is 5.56 Å². The Morgan fingerprint density at radius 1 is 1.42 bits per heavy atom. The number of nitriles is 1. The van der Waals surface area contributed by atoms with Crippen molar-refractivity contribution < 1.29 is 27.8 Å². The van der Waals surface area contributed by atoms with Crippen LogP contribution in [0.1, 0.15) is 28.0 Å². The number of rotatable bonds is 3. The molecule has 10 nitrogen and oxygen atoms in total. The van der Waals surface area contributed by atoms with Crippen molar-refractivity contribution in [3.63, 3.8) is 0 Å². The molecule has 0 spiro atoms. The van der Waals surface area contributed by atoms with Crippen molar-refractivity contribution in [2.75, 3.05) is 25.1 Å². The SMILES string of the molecule is Cc1ccc(NC(=O)c2c3c(cn2C)S(=O)(=O)N[C@@H](CC#CC2(O)COC2)CO3)cc1C#N. The molecule has 4 rings (SSSR count). The second-order valence-corrected chi connectivity index (χ2v) is 9.72. The fourth-order valence-electron chi connectivity index (χ4n) is 3.49. The van der Waals surface area contributed by atoms with E-state index in [9.17, 15) is 23.6 Å². The van der Waals surface area contributed by atoms with Crippen LogP contribution < -0.4 is 14.8 Å². The number of fused-ring (bicyclic) bond motifs is 1. The van der Waals surface area contributed by atoms with Crippen molar-refractivity contribution in [3.8, 4) is 23.7 Å². The van der Waals surface area contributed by atoms with Crippen LogP contribution in [0.3, 0.4) is 0 Å². The fourth-order valence-corrected chi connectivity index (χ4v) is 4.90. The first-order valence-corrected chi connectivity index (χ1v) is 11.6. The zero-order chi connectivity index (χ0) is 23.8. The van der Waals surface area contributed by atoms with Crippen LogP contribution >= 0.6 is 0 Å². The zero-order valence-electron chi connectivity index (χ0n) is 18.0. The van der Waals surface area contributed by atoms with E-state index in [1.165, 1.54) is 10.8 Å². The van der Waals surface area contributed by atoms with Crippen LogP contribution in [-0.2, 0) is 21.8 Å². The van der Waals surface area contributed by atoms with Crippen LogP contribution in [0.4, 0.5) is 5.69 Å². The summed E-state index contributed by atoms with van der Waals surface area (Å²) in [6.45, 7) is 1.97. The van der Waals surface area contributed by atoms with E-state index >= 15 is 0 Å². The van der Waals surface area contributed by atoms with Gasteiger partial charge >= 0.3 is 0 Å². The van der Waals surface area contributed by atoms with Gasteiger partial charge in [-0.2, -0.15) is 5.26 Å². The Bertz CT molecular complexity index is 1330. The summed E-state index contributed by atoms with van der Waals surface area (Å²) in [7, 11) is -2.44. The highest BCUT2D eigenvalue weighted by Crippen LogP contribution is 2.33. The zero-order valence-corrected chi connectivity index (χ0v) is 18.8. The van der Waals surface area contributed by atoms with Gasteiger partial charge in [-0.3, -0.25) is 4.79 Å². The van der Waals surface area contributed by atoms with Gasteiger partial charge in [-0.15, -0.1) is 0 Å². The lowest BCUT2D eigenvalue weighted by Crippen LogP contribution is -2.48. The average molecular weight is 471 g/mol. The highest BCUT2D eigenvalue weighted by atomic mass is 32.2. The molecule has 0 radical (unpaired) electrons. The molecule has 2 aliphatic heterocycles. The first-order valence-electron chi connectivity index (χ1n) is 10.1. The number of aliphatic hydroxyl groups is 1. The quantitative estimate of drug-likeness (QED) is 0.559. The molecule has 0 aliphatic carbocycles. The number of aryl methyl sites for hydroxylation is 2. The molecule has 3 N–H and O–H groups in total. The third-order valence-electron chi connectivity index (χ3n) is 5.32. The number of amides is 1. The molecule has 1 aromatic carbocycles. The number of benzene rings is 1. The predicted molar refractivity (Wildman–Crippen MR) is 117 cm³/mol. The van der Waals surface area contributed by atoms with Crippen molar-refractivity contribution >= 4 is 21.6 Å². The summed E-state index contributed by atoms with van der Waals surface area (Å²) in [5.41, 5.74) is 0.430. The van der Waals surface area contributed by atoms with Gasteiger partial charge in [-0.05, 0) is 24.6 Å². The maximum absolute atomic E-state index is 13.0. The minimum Gasteiger partial charge on any atom is -0.488 e. The molecule has 33 heavy (non-hydrogen) atoms. The van der Waals surface area contributed by atoms with Gasteiger partial charge in [0.2, 0.25) is 10.0 Å². The molecule has 1 fully saturated rings. The Morgan fingerprint density at radius 3 is 2.85 bits per heavy atom. The van der Waals surface area contributed by atoms with Gasteiger partial charge in [0.05, 0.1) is 30.9 Å². The molecule has 0 unspecified atom stereocenters. The van der Waals surface area contributed by atoms with E-state index in [1.807, 2.05) is 0 Å². The minimum atomic E-state index is -3.98. The molecular weight excluding hydrogens is 448 g/mol. The van der Waals surface area contributed by atoms with E-state index in [2.05, 4.69) is 27.9 Å².